The molecule has 2 heterocycles. The third-order valence-corrected chi connectivity index (χ3v) is 2.47. The summed E-state index contributed by atoms with van der Waals surface area (Å²) in [5, 5.41) is 11.2. The quantitative estimate of drug-likeness (QED) is 0.781. The fourth-order valence-corrected chi connectivity index (χ4v) is 1.60. The van der Waals surface area contributed by atoms with Gasteiger partial charge in [-0.3, -0.25) is 4.40 Å². The highest BCUT2D eigenvalue weighted by Gasteiger charge is 2.03. The van der Waals surface area contributed by atoms with Crippen molar-refractivity contribution in [2.75, 3.05) is 11.9 Å². The van der Waals surface area contributed by atoms with Gasteiger partial charge in [-0.15, -0.1) is 10.2 Å². The van der Waals surface area contributed by atoms with Crippen LogP contribution in [0.1, 0.15) is 26.7 Å². The molecule has 0 aliphatic carbocycles. The first-order valence-corrected chi connectivity index (χ1v) is 5.65. The standard InChI is InChI=1S/C11H17N5/c1-9(2)4-3-5-12-10-11-15-14-8-16(11)7-6-13-10/h6-9H,3-5H2,1-2H3,(H,12,13). The van der Waals surface area contributed by atoms with Crippen molar-refractivity contribution in [3.63, 3.8) is 0 Å². The molecule has 5 heteroatoms. The van der Waals surface area contributed by atoms with E-state index in [2.05, 4.69) is 34.3 Å². The summed E-state index contributed by atoms with van der Waals surface area (Å²) in [5.74, 6) is 1.56. The van der Waals surface area contributed by atoms with E-state index in [1.54, 1.807) is 12.5 Å². The van der Waals surface area contributed by atoms with Gasteiger partial charge in [0, 0.05) is 18.9 Å². The summed E-state index contributed by atoms with van der Waals surface area (Å²) >= 11 is 0. The minimum absolute atomic E-state index is 0.749. The Labute approximate surface area is 94.9 Å². The van der Waals surface area contributed by atoms with Crippen molar-refractivity contribution in [1.82, 2.24) is 19.6 Å². The van der Waals surface area contributed by atoms with Gasteiger partial charge < -0.3 is 5.32 Å². The molecule has 16 heavy (non-hydrogen) atoms. The first-order valence-electron chi connectivity index (χ1n) is 5.65. The lowest BCUT2D eigenvalue weighted by Crippen LogP contribution is -2.06. The van der Waals surface area contributed by atoms with E-state index in [0.717, 1.165) is 30.3 Å². The van der Waals surface area contributed by atoms with Gasteiger partial charge in [-0.25, -0.2) is 4.98 Å². The number of rotatable bonds is 5. The maximum absolute atomic E-state index is 4.26. The van der Waals surface area contributed by atoms with E-state index >= 15 is 0 Å². The number of aromatic nitrogens is 4. The summed E-state index contributed by atoms with van der Waals surface area (Å²) in [6.45, 7) is 5.40. The summed E-state index contributed by atoms with van der Waals surface area (Å²) in [6.07, 6.45) is 7.64. The van der Waals surface area contributed by atoms with Crippen molar-refractivity contribution in [2.45, 2.75) is 26.7 Å². The molecular formula is C11H17N5. The van der Waals surface area contributed by atoms with Crippen LogP contribution >= 0.6 is 0 Å². The molecule has 0 unspecified atom stereocenters. The molecule has 0 aliphatic rings. The molecule has 0 amide bonds. The van der Waals surface area contributed by atoms with Crippen LogP contribution < -0.4 is 5.32 Å². The van der Waals surface area contributed by atoms with Gasteiger partial charge >= 0.3 is 0 Å². The molecule has 2 aromatic heterocycles. The van der Waals surface area contributed by atoms with Crippen molar-refractivity contribution in [3.05, 3.63) is 18.7 Å². The zero-order valence-electron chi connectivity index (χ0n) is 9.72. The van der Waals surface area contributed by atoms with Gasteiger partial charge in [-0.2, -0.15) is 0 Å². The van der Waals surface area contributed by atoms with Crippen molar-refractivity contribution in [3.8, 4) is 0 Å². The summed E-state index contributed by atoms with van der Waals surface area (Å²) in [5.41, 5.74) is 0.784. The Balaban J connectivity index is 1.96. The van der Waals surface area contributed by atoms with Crippen molar-refractivity contribution in [1.29, 1.82) is 0 Å². The van der Waals surface area contributed by atoms with Gasteiger partial charge in [0.05, 0.1) is 0 Å². The number of fused-ring (bicyclic) bond motifs is 1. The predicted molar refractivity (Wildman–Crippen MR) is 63.3 cm³/mol. The molecular weight excluding hydrogens is 202 g/mol. The molecule has 5 nitrogen and oxygen atoms in total. The summed E-state index contributed by atoms with van der Waals surface area (Å²) in [7, 11) is 0. The second kappa shape index (κ2) is 4.92. The van der Waals surface area contributed by atoms with Gasteiger partial charge in [0.15, 0.2) is 5.82 Å². The second-order valence-corrected chi connectivity index (χ2v) is 4.30. The molecule has 0 bridgehead atoms. The monoisotopic (exact) mass is 219 g/mol. The Morgan fingerprint density at radius 2 is 2.31 bits per heavy atom. The van der Waals surface area contributed by atoms with Crippen molar-refractivity contribution >= 4 is 11.5 Å². The highest BCUT2D eigenvalue weighted by atomic mass is 15.2. The van der Waals surface area contributed by atoms with Crippen LogP contribution in [0, 0.1) is 5.92 Å². The number of nitrogens with one attached hydrogen (secondary N) is 1. The first-order chi connectivity index (χ1) is 7.77. The summed E-state index contributed by atoms with van der Waals surface area (Å²) < 4.78 is 1.86. The van der Waals surface area contributed by atoms with E-state index in [9.17, 15) is 0 Å². The van der Waals surface area contributed by atoms with E-state index in [0.29, 0.717) is 0 Å². The fourth-order valence-electron chi connectivity index (χ4n) is 1.60. The Morgan fingerprint density at radius 3 is 3.12 bits per heavy atom. The Kier molecular flexibility index (Phi) is 3.34. The molecule has 0 atom stereocenters. The third-order valence-electron chi connectivity index (χ3n) is 2.47. The maximum atomic E-state index is 4.26. The molecule has 0 fully saturated rings. The van der Waals surface area contributed by atoms with Crippen LogP contribution in [0.3, 0.4) is 0 Å². The lowest BCUT2D eigenvalue weighted by atomic mass is 10.1. The van der Waals surface area contributed by atoms with E-state index in [4.69, 9.17) is 0 Å². The average molecular weight is 219 g/mol. The topological polar surface area (TPSA) is 55.1 Å². The maximum Gasteiger partial charge on any atom is 0.203 e. The average Bonchev–Trinajstić information content (AvgIpc) is 2.72. The van der Waals surface area contributed by atoms with Gasteiger partial charge in [0.1, 0.15) is 6.33 Å². The van der Waals surface area contributed by atoms with E-state index in [1.165, 1.54) is 6.42 Å². The molecule has 86 valence electrons. The van der Waals surface area contributed by atoms with Gasteiger partial charge in [-0.05, 0) is 18.8 Å². The van der Waals surface area contributed by atoms with Gasteiger partial charge in [0.25, 0.3) is 0 Å². The largest absolute Gasteiger partial charge is 0.367 e. The van der Waals surface area contributed by atoms with Crippen LogP contribution in [-0.2, 0) is 0 Å². The molecule has 2 aromatic rings. The Morgan fingerprint density at radius 1 is 1.44 bits per heavy atom. The van der Waals surface area contributed by atoms with Gasteiger partial charge in [-0.1, -0.05) is 13.8 Å². The van der Waals surface area contributed by atoms with Crippen molar-refractivity contribution < 1.29 is 0 Å². The molecule has 2 rings (SSSR count). The molecule has 0 saturated heterocycles. The SMILES string of the molecule is CC(C)CCCNc1nccn2cnnc12. The minimum atomic E-state index is 0.749. The lowest BCUT2D eigenvalue weighted by Gasteiger charge is -2.07. The molecule has 0 radical (unpaired) electrons. The zero-order valence-corrected chi connectivity index (χ0v) is 9.72. The first kappa shape index (κ1) is 10.9. The Bertz CT molecular complexity index is 448. The molecule has 0 spiro atoms. The number of anilines is 1. The summed E-state index contributed by atoms with van der Waals surface area (Å²) in [6, 6.07) is 0. The van der Waals surface area contributed by atoms with Gasteiger partial charge in [0.2, 0.25) is 5.65 Å². The smallest absolute Gasteiger partial charge is 0.203 e. The highest BCUT2D eigenvalue weighted by Crippen LogP contribution is 2.10. The number of hydrogen-bond acceptors (Lipinski definition) is 4. The predicted octanol–water partition coefficient (Wildman–Crippen LogP) is 1.97. The van der Waals surface area contributed by atoms with Crippen LogP contribution in [0.4, 0.5) is 5.82 Å². The molecule has 0 aliphatic heterocycles. The van der Waals surface area contributed by atoms with Crippen LogP contribution in [0.5, 0.6) is 0 Å². The Hall–Kier alpha value is -1.65. The number of hydrogen-bond donors (Lipinski definition) is 1. The normalized spacial score (nSPS) is 11.2. The van der Waals surface area contributed by atoms with Crippen LogP contribution in [0.2, 0.25) is 0 Å². The molecule has 0 aromatic carbocycles. The minimum Gasteiger partial charge on any atom is -0.367 e. The zero-order chi connectivity index (χ0) is 11.4. The second-order valence-electron chi connectivity index (χ2n) is 4.30. The molecule has 1 N–H and O–H groups in total. The number of nitrogens with zero attached hydrogens (tertiary/aromatic N) is 4. The van der Waals surface area contributed by atoms with Crippen LogP contribution in [-0.4, -0.2) is 26.1 Å². The van der Waals surface area contributed by atoms with E-state index < -0.39 is 0 Å². The fraction of sp³-hybridized carbons (Fsp3) is 0.545. The van der Waals surface area contributed by atoms with Crippen LogP contribution in [0.25, 0.3) is 5.65 Å². The molecule has 0 saturated carbocycles. The third kappa shape index (κ3) is 2.48. The summed E-state index contributed by atoms with van der Waals surface area (Å²) in [4.78, 5) is 4.26. The lowest BCUT2D eigenvalue weighted by molar-refractivity contribution is 0.567. The van der Waals surface area contributed by atoms with Crippen LogP contribution in [0.15, 0.2) is 18.7 Å². The van der Waals surface area contributed by atoms with E-state index in [-0.39, 0.29) is 0 Å². The van der Waals surface area contributed by atoms with E-state index in [1.807, 2.05) is 10.6 Å². The highest BCUT2D eigenvalue weighted by molar-refractivity contribution is 5.61. The van der Waals surface area contributed by atoms with Crippen molar-refractivity contribution in [2.24, 2.45) is 5.92 Å².